The van der Waals surface area contributed by atoms with Gasteiger partial charge in [0.05, 0.1) is 5.69 Å². The van der Waals surface area contributed by atoms with Gasteiger partial charge in [0.25, 0.3) is 0 Å². The lowest BCUT2D eigenvalue weighted by molar-refractivity contribution is 0.252. The highest BCUT2D eigenvalue weighted by Gasteiger charge is 2.04. The number of hydrogen-bond donors (Lipinski definition) is 2. The molecule has 3 nitrogen and oxygen atoms in total. The zero-order valence-corrected chi connectivity index (χ0v) is 10.8. The van der Waals surface area contributed by atoms with E-state index < -0.39 is 0 Å². The van der Waals surface area contributed by atoms with Crippen LogP contribution in [0, 0.1) is 0 Å². The number of carbonyl (C=O) groups excluding carboxylic acids is 1. The summed E-state index contributed by atoms with van der Waals surface area (Å²) in [5.74, 6) is 0. The average Bonchev–Trinajstić information content (AvgIpc) is 2.12. The normalized spacial score (nSPS) is 9.64. The van der Waals surface area contributed by atoms with Crippen LogP contribution in [-0.2, 0) is 0 Å². The third-order valence-electron chi connectivity index (χ3n) is 1.51. The molecule has 0 aliphatic heterocycles. The molecule has 0 radical (unpaired) electrons. The monoisotopic (exact) mass is 320 g/mol. The molecule has 14 heavy (non-hydrogen) atoms. The molecule has 0 heterocycles. The molecule has 1 rings (SSSR count). The van der Waals surface area contributed by atoms with Crippen LogP contribution in [0.1, 0.15) is 6.92 Å². The molecule has 5 heteroatoms. The number of nitrogens with one attached hydrogen (secondary N) is 2. The van der Waals surface area contributed by atoms with E-state index in [4.69, 9.17) is 0 Å². The van der Waals surface area contributed by atoms with Gasteiger partial charge in [0.2, 0.25) is 0 Å². The minimum absolute atomic E-state index is 0.202. The van der Waals surface area contributed by atoms with Gasteiger partial charge in [0, 0.05) is 15.5 Å². The lowest BCUT2D eigenvalue weighted by Crippen LogP contribution is -2.28. The van der Waals surface area contributed by atoms with E-state index in [1.54, 1.807) is 0 Å². The van der Waals surface area contributed by atoms with Gasteiger partial charge in [-0.3, -0.25) is 0 Å². The number of carbonyl (C=O) groups is 1. The molecule has 0 unspecified atom stereocenters. The molecule has 0 aliphatic rings. The molecule has 1 aromatic carbocycles. The molecule has 2 amide bonds. The molecular weight excluding hydrogens is 312 g/mol. The first-order chi connectivity index (χ1) is 6.63. The van der Waals surface area contributed by atoms with E-state index in [2.05, 4.69) is 42.5 Å². The Morgan fingerprint density at radius 2 is 2.14 bits per heavy atom. The van der Waals surface area contributed by atoms with Crippen molar-refractivity contribution in [3.8, 4) is 0 Å². The van der Waals surface area contributed by atoms with E-state index in [0.29, 0.717) is 6.54 Å². The number of amides is 2. The molecule has 2 N–H and O–H groups in total. The van der Waals surface area contributed by atoms with Crippen molar-refractivity contribution in [3.63, 3.8) is 0 Å². The summed E-state index contributed by atoms with van der Waals surface area (Å²) >= 11 is 6.68. The second-order valence-corrected chi connectivity index (χ2v) is 4.38. The van der Waals surface area contributed by atoms with Gasteiger partial charge in [-0.25, -0.2) is 4.79 Å². The van der Waals surface area contributed by atoms with Crippen molar-refractivity contribution < 1.29 is 4.79 Å². The predicted octanol–water partition coefficient (Wildman–Crippen LogP) is 3.35. The Balaban J connectivity index is 2.75. The summed E-state index contributed by atoms with van der Waals surface area (Å²) in [6.07, 6.45) is 0. The first-order valence-electron chi connectivity index (χ1n) is 4.13. The molecule has 0 fully saturated rings. The van der Waals surface area contributed by atoms with Crippen molar-refractivity contribution in [2.45, 2.75) is 6.92 Å². The third kappa shape index (κ3) is 3.31. The largest absolute Gasteiger partial charge is 0.338 e. The van der Waals surface area contributed by atoms with Crippen molar-refractivity contribution in [1.82, 2.24) is 5.32 Å². The number of urea groups is 1. The SMILES string of the molecule is CCNC(=O)Nc1cc(Br)ccc1Br. The topological polar surface area (TPSA) is 41.1 Å². The van der Waals surface area contributed by atoms with E-state index in [1.165, 1.54) is 0 Å². The lowest BCUT2D eigenvalue weighted by Gasteiger charge is -2.07. The summed E-state index contributed by atoms with van der Waals surface area (Å²) in [5, 5.41) is 5.38. The van der Waals surface area contributed by atoms with Gasteiger partial charge in [0.15, 0.2) is 0 Å². The smallest absolute Gasteiger partial charge is 0.319 e. The van der Waals surface area contributed by atoms with E-state index in [9.17, 15) is 4.79 Å². The van der Waals surface area contributed by atoms with E-state index >= 15 is 0 Å². The number of benzene rings is 1. The fraction of sp³-hybridized carbons (Fsp3) is 0.222. The van der Waals surface area contributed by atoms with Gasteiger partial charge < -0.3 is 10.6 Å². The quantitative estimate of drug-likeness (QED) is 0.861. The summed E-state index contributed by atoms with van der Waals surface area (Å²) in [5.41, 5.74) is 0.741. The average molecular weight is 322 g/mol. The highest BCUT2D eigenvalue weighted by atomic mass is 79.9. The van der Waals surface area contributed by atoms with E-state index in [0.717, 1.165) is 14.6 Å². The fourth-order valence-electron chi connectivity index (χ4n) is 0.920. The molecule has 0 spiro atoms. The molecule has 0 aliphatic carbocycles. The highest BCUT2D eigenvalue weighted by Crippen LogP contribution is 2.25. The summed E-state index contributed by atoms with van der Waals surface area (Å²) in [6, 6.07) is 5.39. The van der Waals surface area contributed by atoms with Gasteiger partial charge in [-0.2, -0.15) is 0 Å². The van der Waals surface area contributed by atoms with Gasteiger partial charge in [-0.15, -0.1) is 0 Å². The molecule has 0 bridgehead atoms. The zero-order chi connectivity index (χ0) is 10.6. The summed E-state index contributed by atoms with van der Waals surface area (Å²) in [4.78, 5) is 11.2. The lowest BCUT2D eigenvalue weighted by atomic mass is 10.3. The molecule has 76 valence electrons. The Labute approximate surface area is 99.5 Å². The van der Waals surface area contributed by atoms with Crippen LogP contribution in [-0.4, -0.2) is 12.6 Å². The maximum Gasteiger partial charge on any atom is 0.319 e. The van der Waals surface area contributed by atoms with Crippen molar-refractivity contribution in [2.24, 2.45) is 0 Å². The minimum atomic E-state index is -0.202. The Bertz CT molecular complexity index is 342. The van der Waals surface area contributed by atoms with Crippen LogP contribution in [0.5, 0.6) is 0 Å². The standard InChI is InChI=1S/C9H10Br2N2O/c1-2-12-9(14)13-8-5-6(10)3-4-7(8)11/h3-5H,2H2,1H3,(H2,12,13,14). The van der Waals surface area contributed by atoms with Gasteiger partial charge in [0.1, 0.15) is 0 Å². The third-order valence-corrected chi connectivity index (χ3v) is 2.70. The Morgan fingerprint density at radius 1 is 1.43 bits per heavy atom. The van der Waals surface area contributed by atoms with Crippen LogP contribution >= 0.6 is 31.9 Å². The maximum atomic E-state index is 11.2. The number of halogens is 2. The van der Waals surface area contributed by atoms with Crippen LogP contribution in [0.3, 0.4) is 0 Å². The van der Waals surface area contributed by atoms with Crippen molar-refractivity contribution in [3.05, 3.63) is 27.1 Å². The first kappa shape index (κ1) is 11.5. The second-order valence-electron chi connectivity index (χ2n) is 2.61. The maximum absolute atomic E-state index is 11.2. The molecule has 0 atom stereocenters. The Kier molecular flexibility index (Phi) is 4.41. The van der Waals surface area contributed by atoms with E-state index in [-0.39, 0.29) is 6.03 Å². The van der Waals surface area contributed by atoms with Crippen molar-refractivity contribution in [1.29, 1.82) is 0 Å². The molecule has 1 aromatic rings. The highest BCUT2D eigenvalue weighted by molar-refractivity contribution is 9.11. The number of hydrogen-bond acceptors (Lipinski definition) is 1. The van der Waals surface area contributed by atoms with Crippen LogP contribution in [0.15, 0.2) is 27.1 Å². The van der Waals surface area contributed by atoms with Crippen LogP contribution < -0.4 is 10.6 Å². The van der Waals surface area contributed by atoms with Gasteiger partial charge >= 0.3 is 6.03 Å². The minimum Gasteiger partial charge on any atom is -0.338 e. The Morgan fingerprint density at radius 3 is 2.79 bits per heavy atom. The summed E-state index contributed by atoms with van der Waals surface area (Å²) in [7, 11) is 0. The first-order valence-corrected chi connectivity index (χ1v) is 5.72. The summed E-state index contributed by atoms with van der Waals surface area (Å²) in [6.45, 7) is 2.48. The van der Waals surface area contributed by atoms with Crippen LogP contribution in [0.2, 0.25) is 0 Å². The van der Waals surface area contributed by atoms with Crippen molar-refractivity contribution >= 4 is 43.6 Å². The number of anilines is 1. The Hall–Kier alpha value is -0.550. The van der Waals surface area contributed by atoms with Gasteiger partial charge in [-0.05, 0) is 41.1 Å². The van der Waals surface area contributed by atoms with E-state index in [1.807, 2.05) is 25.1 Å². The van der Waals surface area contributed by atoms with Crippen LogP contribution in [0.25, 0.3) is 0 Å². The predicted molar refractivity (Wildman–Crippen MR) is 64.5 cm³/mol. The fourth-order valence-corrected chi connectivity index (χ4v) is 1.63. The molecular formula is C9H10Br2N2O. The second kappa shape index (κ2) is 5.36. The zero-order valence-electron chi connectivity index (χ0n) is 7.60. The van der Waals surface area contributed by atoms with Crippen LogP contribution in [0.4, 0.5) is 10.5 Å². The molecule has 0 saturated carbocycles. The van der Waals surface area contributed by atoms with Crippen molar-refractivity contribution in [2.75, 3.05) is 11.9 Å². The summed E-state index contributed by atoms with van der Waals surface area (Å²) < 4.78 is 1.78. The number of rotatable bonds is 2. The van der Waals surface area contributed by atoms with Gasteiger partial charge in [-0.1, -0.05) is 15.9 Å². The molecule has 0 saturated heterocycles. The molecule has 0 aromatic heterocycles.